The monoisotopic (exact) mass is 437 g/mol. The molecule has 0 aliphatic carbocycles. The van der Waals surface area contributed by atoms with Crippen LogP contribution in [0.1, 0.15) is 35.6 Å². The highest BCUT2D eigenvalue weighted by Crippen LogP contribution is 2.41. The number of carbonyl (C=O) groups excluding carboxylic acids is 2. The van der Waals surface area contributed by atoms with Gasteiger partial charge in [-0.1, -0.05) is 29.8 Å². The molecule has 0 spiro atoms. The molecule has 2 unspecified atom stereocenters. The van der Waals surface area contributed by atoms with Crippen LogP contribution in [0.4, 0.5) is 0 Å². The Morgan fingerprint density at radius 2 is 1.91 bits per heavy atom. The van der Waals surface area contributed by atoms with E-state index >= 15 is 0 Å². The highest BCUT2D eigenvalue weighted by Gasteiger charge is 2.47. The Morgan fingerprint density at radius 3 is 2.56 bits per heavy atom. The van der Waals surface area contributed by atoms with E-state index in [0.717, 1.165) is 24.0 Å². The molecule has 2 saturated heterocycles. The number of nitrogens with zero attached hydrogens (tertiary/aromatic N) is 1. The minimum absolute atomic E-state index is 0.0609. The number of rotatable bonds is 6. The molecule has 2 fully saturated rings. The van der Waals surface area contributed by atoms with Crippen molar-refractivity contribution in [2.45, 2.75) is 31.9 Å². The van der Waals surface area contributed by atoms with Crippen LogP contribution in [0.15, 0.2) is 48.0 Å². The van der Waals surface area contributed by atoms with Crippen LogP contribution >= 0.6 is 0 Å². The third-order valence-corrected chi connectivity index (χ3v) is 5.98. The first kappa shape index (κ1) is 21.9. The molecule has 4 rings (SSSR count). The summed E-state index contributed by atoms with van der Waals surface area (Å²) in [6, 6.07) is 11.8. The van der Waals surface area contributed by atoms with E-state index in [1.165, 1.54) is 19.1 Å². The summed E-state index contributed by atoms with van der Waals surface area (Å²) in [5.74, 6) is -0.670. The molecule has 168 valence electrons. The molecule has 1 amide bonds. The van der Waals surface area contributed by atoms with E-state index in [1.807, 2.05) is 31.2 Å². The first-order valence-electron chi connectivity index (χ1n) is 10.6. The largest absolute Gasteiger partial charge is 0.507 e. The minimum Gasteiger partial charge on any atom is -0.507 e. The van der Waals surface area contributed by atoms with Crippen LogP contribution in [0, 0.1) is 6.92 Å². The average Bonchev–Trinajstić information content (AvgIpc) is 3.40. The Bertz CT molecular complexity index is 1070. The summed E-state index contributed by atoms with van der Waals surface area (Å²) in [5, 5.41) is 11.2. The van der Waals surface area contributed by atoms with Crippen molar-refractivity contribution in [3.05, 3.63) is 64.7 Å². The summed E-state index contributed by atoms with van der Waals surface area (Å²) in [4.78, 5) is 27.7. The number of methoxy groups -OCH3 is 2. The van der Waals surface area contributed by atoms with Crippen LogP contribution in [0.25, 0.3) is 5.76 Å². The summed E-state index contributed by atoms with van der Waals surface area (Å²) in [7, 11) is 3.01. The van der Waals surface area contributed by atoms with Gasteiger partial charge in [-0.3, -0.25) is 9.59 Å². The van der Waals surface area contributed by atoms with Gasteiger partial charge in [0.1, 0.15) is 5.76 Å². The number of likely N-dealkylation sites (tertiary alicyclic amines) is 1. The maximum atomic E-state index is 13.1. The van der Waals surface area contributed by atoms with Gasteiger partial charge in [0.2, 0.25) is 0 Å². The Hall–Kier alpha value is -3.32. The number of Topliss-reactive ketones (excluding diaryl/α,β-unsaturated/α-hetero) is 1. The summed E-state index contributed by atoms with van der Waals surface area (Å²) < 4.78 is 16.3. The Morgan fingerprint density at radius 1 is 1.12 bits per heavy atom. The van der Waals surface area contributed by atoms with Gasteiger partial charge in [0.25, 0.3) is 11.7 Å². The van der Waals surface area contributed by atoms with Crippen LogP contribution < -0.4 is 9.47 Å². The van der Waals surface area contributed by atoms with E-state index in [4.69, 9.17) is 14.2 Å². The average molecular weight is 437 g/mol. The van der Waals surface area contributed by atoms with Gasteiger partial charge in [-0.2, -0.15) is 0 Å². The molecule has 0 bridgehead atoms. The molecule has 2 atom stereocenters. The fourth-order valence-corrected chi connectivity index (χ4v) is 4.40. The van der Waals surface area contributed by atoms with E-state index < -0.39 is 17.7 Å². The minimum atomic E-state index is -0.707. The second-order valence-corrected chi connectivity index (χ2v) is 8.07. The number of ketones is 1. The van der Waals surface area contributed by atoms with Gasteiger partial charge >= 0.3 is 0 Å². The zero-order valence-corrected chi connectivity index (χ0v) is 18.5. The van der Waals surface area contributed by atoms with E-state index in [1.54, 1.807) is 18.2 Å². The van der Waals surface area contributed by atoms with E-state index in [9.17, 15) is 14.7 Å². The third kappa shape index (κ3) is 3.96. The lowest BCUT2D eigenvalue weighted by Gasteiger charge is -2.27. The summed E-state index contributed by atoms with van der Waals surface area (Å²) in [6.07, 6.45) is 1.64. The molecular weight excluding hydrogens is 410 g/mol. The molecule has 0 radical (unpaired) electrons. The molecule has 2 aromatic rings. The fourth-order valence-electron chi connectivity index (χ4n) is 4.40. The predicted molar refractivity (Wildman–Crippen MR) is 119 cm³/mol. The van der Waals surface area contributed by atoms with Gasteiger partial charge in [0, 0.05) is 18.7 Å². The maximum Gasteiger partial charge on any atom is 0.295 e. The number of aliphatic hydroxyl groups is 1. The normalized spacial score (nSPS) is 22.4. The van der Waals surface area contributed by atoms with Crippen molar-refractivity contribution < 1.29 is 28.9 Å². The highest BCUT2D eigenvalue weighted by molar-refractivity contribution is 6.46. The van der Waals surface area contributed by atoms with Crippen LogP contribution in [-0.4, -0.2) is 55.2 Å². The van der Waals surface area contributed by atoms with Gasteiger partial charge in [-0.05, 0) is 43.5 Å². The molecular formula is C25H27NO6. The van der Waals surface area contributed by atoms with E-state index in [2.05, 4.69) is 0 Å². The summed E-state index contributed by atoms with van der Waals surface area (Å²) in [6.45, 7) is 2.89. The SMILES string of the molecule is COc1ccc(/C(O)=C2/C(=O)C(=O)N(CC3CCCO3)C2c2cccc(C)c2)cc1OC. The molecule has 2 aliphatic rings. The van der Waals surface area contributed by atoms with Crippen molar-refractivity contribution in [1.29, 1.82) is 0 Å². The van der Waals surface area contributed by atoms with Crippen molar-refractivity contribution >= 4 is 17.4 Å². The molecule has 32 heavy (non-hydrogen) atoms. The number of hydrogen-bond donors (Lipinski definition) is 1. The molecule has 0 saturated carbocycles. The maximum absolute atomic E-state index is 13.1. The Labute approximate surface area is 187 Å². The van der Waals surface area contributed by atoms with Gasteiger partial charge in [-0.25, -0.2) is 0 Å². The molecule has 2 heterocycles. The number of aliphatic hydroxyl groups excluding tert-OH is 1. The van der Waals surface area contributed by atoms with Crippen LogP contribution in [0.2, 0.25) is 0 Å². The second-order valence-electron chi connectivity index (χ2n) is 8.07. The van der Waals surface area contributed by atoms with E-state index in [-0.39, 0.29) is 17.4 Å². The zero-order valence-electron chi connectivity index (χ0n) is 18.5. The standard InChI is InChI=1S/C25H27NO6/c1-15-6-4-7-16(12-15)22-21(23(27)17-9-10-19(30-2)20(13-17)31-3)24(28)25(29)26(22)14-18-8-5-11-32-18/h4,6-7,9-10,12-13,18,22,27H,5,8,11,14H2,1-3H3/b23-21-. The Kier molecular flexibility index (Phi) is 6.19. The number of carbonyl (C=O) groups is 2. The third-order valence-electron chi connectivity index (χ3n) is 5.98. The van der Waals surface area contributed by atoms with Crippen LogP contribution in [0.3, 0.4) is 0 Å². The number of hydrogen-bond acceptors (Lipinski definition) is 6. The highest BCUT2D eigenvalue weighted by atomic mass is 16.5. The fraction of sp³-hybridized carbons (Fsp3) is 0.360. The van der Waals surface area contributed by atoms with Crippen molar-refractivity contribution in [2.24, 2.45) is 0 Å². The first-order chi connectivity index (χ1) is 15.4. The number of benzene rings is 2. The van der Waals surface area contributed by atoms with Crippen molar-refractivity contribution in [3.63, 3.8) is 0 Å². The van der Waals surface area contributed by atoms with Crippen molar-refractivity contribution in [3.8, 4) is 11.5 Å². The second kappa shape index (κ2) is 9.04. The lowest BCUT2D eigenvalue weighted by atomic mass is 9.94. The summed E-state index contributed by atoms with van der Waals surface area (Å²) >= 11 is 0. The smallest absolute Gasteiger partial charge is 0.295 e. The zero-order chi connectivity index (χ0) is 22.8. The number of aryl methyl sites for hydroxylation is 1. The molecule has 2 aromatic carbocycles. The number of ether oxygens (including phenoxy) is 3. The van der Waals surface area contributed by atoms with Gasteiger partial charge in [-0.15, -0.1) is 0 Å². The molecule has 0 aromatic heterocycles. The first-order valence-corrected chi connectivity index (χ1v) is 10.6. The lowest BCUT2D eigenvalue weighted by Crippen LogP contribution is -2.36. The molecule has 1 N–H and O–H groups in total. The number of amides is 1. The van der Waals surface area contributed by atoms with Crippen LogP contribution in [-0.2, 0) is 14.3 Å². The lowest BCUT2D eigenvalue weighted by molar-refractivity contribution is -0.140. The molecule has 2 aliphatic heterocycles. The van der Waals surface area contributed by atoms with Crippen molar-refractivity contribution in [2.75, 3.05) is 27.4 Å². The Balaban J connectivity index is 1.84. The van der Waals surface area contributed by atoms with Gasteiger partial charge in [0.15, 0.2) is 11.5 Å². The van der Waals surface area contributed by atoms with E-state index in [0.29, 0.717) is 30.2 Å². The van der Waals surface area contributed by atoms with Crippen molar-refractivity contribution in [1.82, 2.24) is 4.90 Å². The summed E-state index contributed by atoms with van der Waals surface area (Å²) in [5.41, 5.74) is 2.20. The van der Waals surface area contributed by atoms with Crippen LogP contribution in [0.5, 0.6) is 11.5 Å². The predicted octanol–water partition coefficient (Wildman–Crippen LogP) is 3.61. The van der Waals surface area contributed by atoms with Gasteiger partial charge in [0.05, 0.1) is 31.9 Å². The topological polar surface area (TPSA) is 85.3 Å². The molecule has 7 nitrogen and oxygen atoms in total. The molecule has 7 heteroatoms. The van der Waals surface area contributed by atoms with Gasteiger partial charge < -0.3 is 24.2 Å². The quantitative estimate of drug-likeness (QED) is 0.422.